The van der Waals surface area contributed by atoms with Gasteiger partial charge in [-0.15, -0.1) is 11.3 Å². The summed E-state index contributed by atoms with van der Waals surface area (Å²) in [6.07, 6.45) is 3.13. The van der Waals surface area contributed by atoms with E-state index in [4.69, 9.17) is 5.73 Å². The molecular weight excluding hydrogens is 398 g/mol. The van der Waals surface area contributed by atoms with Crippen molar-refractivity contribution >= 4 is 17.2 Å². The van der Waals surface area contributed by atoms with E-state index in [0.29, 0.717) is 17.1 Å². The van der Waals surface area contributed by atoms with Crippen LogP contribution in [0.1, 0.15) is 26.5 Å². The molecule has 0 aliphatic carbocycles. The highest BCUT2D eigenvalue weighted by atomic mass is 32.1. The molecule has 4 N–H and O–H groups in total. The maximum absolute atomic E-state index is 13.9. The summed E-state index contributed by atoms with van der Waals surface area (Å²) in [4.78, 5) is 14.3. The van der Waals surface area contributed by atoms with Gasteiger partial charge < -0.3 is 16.2 Å². The Labute approximate surface area is 170 Å². The number of aromatic nitrogens is 2. The van der Waals surface area contributed by atoms with Crippen LogP contribution < -0.4 is 11.1 Å². The number of nitrogens with two attached hydrogens (primary N) is 1. The monoisotopic (exact) mass is 418 g/mol. The van der Waals surface area contributed by atoms with Crippen molar-refractivity contribution in [2.45, 2.75) is 31.8 Å². The third-order valence-corrected chi connectivity index (χ3v) is 6.19. The minimum atomic E-state index is -0.928. The average molecular weight is 418 g/mol. The minimum Gasteiger partial charge on any atom is -0.504 e. The maximum atomic E-state index is 13.9. The summed E-state index contributed by atoms with van der Waals surface area (Å²) in [5.74, 6) is -2.10. The molecule has 1 atom stereocenters. The number of nitrogens with one attached hydrogen (secondary N) is 1. The van der Waals surface area contributed by atoms with Crippen LogP contribution in [0.25, 0.3) is 11.3 Å². The van der Waals surface area contributed by atoms with Crippen molar-refractivity contribution in [1.82, 2.24) is 15.1 Å². The molecule has 0 unspecified atom stereocenters. The molecule has 0 saturated heterocycles. The fraction of sp³-hybridized carbons (Fsp3) is 0.300. The number of carbonyl (C=O) groups excluding carboxylic acids is 1. The zero-order valence-electron chi connectivity index (χ0n) is 15.5. The Morgan fingerprint density at radius 3 is 3.03 bits per heavy atom. The van der Waals surface area contributed by atoms with Gasteiger partial charge in [0.05, 0.1) is 11.1 Å². The Morgan fingerprint density at radius 2 is 2.24 bits per heavy atom. The molecule has 4 rings (SSSR count). The summed E-state index contributed by atoms with van der Waals surface area (Å²) >= 11 is 1.36. The Morgan fingerprint density at radius 1 is 1.41 bits per heavy atom. The van der Waals surface area contributed by atoms with Crippen molar-refractivity contribution in [3.8, 4) is 17.0 Å². The van der Waals surface area contributed by atoms with E-state index in [-0.39, 0.29) is 30.2 Å². The van der Waals surface area contributed by atoms with Crippen LogP contribution >= 0.6 is 11.3 Å². The van der Waals surface area contributed by atoms with Gasteiger partial charge in [-0.2, -0.15) is 5.10 Å². The van der Waals surface area contributed by atoms with Crippen molar-refractivity contribution < 1.29 is 18.7 Å². The lowest BCUT2D eigenvalue weighted by molar-refractivity contribution is 0.0942. The van der Waals surface area contributed by atoms with Crippen LogP contribution in [0.15, 0.2) is 30.5 Å². The molecule has 3 heterocycles. The summed E-state index contributed by atoms with van der Waals surface area (Å²) in [6, 6.07) is 5.15. The van der Waals surface area contributed by atoms with Crippen molar-refractivity contribution in [3.05, 3.63) is 57.4 Å². The van der Waals surface area contributed by atoms with E-state index < -0.39 is 17.7 Å². The van der Waals surface area contributed by atoms with Crippen molar-refractivity contribution in [2.75, 3.05) is 6.54 Å². The molecule has 6 nitrogen and oxygen atoms in total. The number of hydrogen-bond acceptors (Lipinski definition) is 5. The number of carbonyl (C=O) groups is 1. The molecule has 3 aromatic rings. The zero-order valence-corrected chi connectivity index (χ0v) is 16.3. The fourth-order valence-electron chi connectivity index (χ4n) is 3.56. The number of fused-ring (bicyclic) bond motifs is 3. The summed E-state index contributed by atoms with van der Waals surface area (Å²) in [5.41, 5.74) is 7.33. The van der Waals surface area contributed by atoms with Gasteiger partial charge in [0.15, 0.2) is 17.4 Å². The van der Waals surface area contributed by atoms with Gasteiger partial charge >= 0.3 is 0 Å². The van der Waals surface area contributed by atoms with E-state index in [1.54, 1.807) is 10.7 Å². The summed E-state index contributed by atoms with van der Waals surface area (Å²) in [6.45, 7) is 0.785. The van der Waals surface area contributed by atoms with Crippen LogP contribution in [-0.4, -0.2) is 33.4 Å². The van der Waals surface area contributed by atoms with Gasteiger partial charge in [-0.05, 0) is 37.0 Å². The molecular formula is C20H20F2N4O2S. The standard InChI is InChI=1S/C20H20F2N4O2S/c21-14-4-1-3-11(18(14)22)7-12(9-23)25-20(28)17-8-13-16(29-17)5-2-6-26-19(13)15(27)10-24-26/h1,3-4,8,10,12,27H,2,5-7,9,23H2,(H,25,28)/t12-/m0/s1. The highest BCUT2D eigenvalue weighted by Gasteiger charge is 2.25. The second kappa shape index (κ2) is 7.92. The molecule has 0 fully saturated rings. The lowest BCUT2D eigenvalue weighted by atomic mass is 10.0. The number of rotatable bonds is 5. The number of aromatic hydroxyl groups is 1. The summed E-state index contributed by atoms with van der Waals surface area (Å²) in [5, 5.41) is 17.1. The van der Waals surface area contributed by atoms with Crippen molar-refractivity contribution in [1.29, 1.82) is 0 Å². The smallest absolute Gasteiger partial charge is 0.261 e. The summed E-state index contributed by atoms with van der Waals surface area (Å²) < 4.78 is 29.1. The number of halogens is 2. The molecule has 0 saturated carbocycles. The zero-order chi connectivity index (χ0) is 20.5. The van der Waals surface area contributed by atoms with Crippen LogP contribution in [0.5, 0.6) is 5.75 Å². The molecule has 0 radical (unpaired) electrons. The lowest BCUT2D eigenvalue weighted by Crippen LogP contribution is -2.41. The molecule has 0 spiro atoms. The SMILES string of the molecule is NC[C@H](Cc1cccc(F)c1F)NC(=O)c1cc2c(s1)CCCn1ncc(O)c1-2. The molecule has 152 valence electrons. The van der Waals surface area contributed by atoms with E-state index in [2.05, 4.69) is 10.4 Å². The van der Waals surface area contributed by atoms with Gasteiger partial charge in [0.1, 0.15) is 5.69 Å². The first-order valence-electron chi connectivity index (χ1n) is 9.29. The van der Waals surface area contributed by atoms with E-state index >= 15 is 0 Å². The molecule has 1 amide bonds. The van der Waals surface area contributed by atoms with Crippen LogP contribution in [0.2, 0.25) is 0 Å². The average Bonchev–Trinajstić information content (AvgIpc) is 3.23. The predicted octanol–water partition coefficient (Wildman–Crippen LogP) is 2.84. The Hall–Kier alpha value is -2.78. The molecule has 1 aliphatic rings. The Kier molecular flexibility index (Phi) is 5.33. The number of nitrogens with zero attached hydrogens (tertiary/aromatic N) is 2. The molecule has 29 heavy (non-hydrogen) atoms. The first-order chi connectivity index (χ1) is 14.0. The third kappa shape index (κ3) is 3.75. The third-order valence-electron chi connectivity index (χ3n) is 5.00. The van der Waals surface area contributed by atoms with E-state index in [9.17, 15) is 18.7 Å². The predicted molar refractivity (Wildman–Crippen MR) is 106 cm³/mol. The Balaban J connectivity index is 1.55. The second-order valence-corrected chi connectivity index (χ2v) is 8.11. The minimum absolute atomic E-state index is 0.0827. The van der Waals surface area contributed by atoms with E-state index in [1.807, 2.05) is 0 Å². The number of aryl methyl sites for hydroxylation is 2. The number of amides is 1. The Bertz CT molecular complexity index is 1060. The van der Waals surface area contributed by atoms with Crippen molar-refractivity contribution in [2.24, 2.45) is 5.73 Å². The van der Waals surface area contributed by atoms with Gasteiger partial charge in [-0.3, -0.25) is 9.48 Å². The first-order valence-corrected chi connectivity index (χ1v) is 10.1. The largest absolute Gasteiger partial charge is 0.504 e. The van der Waals surface area contributed by atoms with Crippen LogP contribution in [-0.2, 0) is 19.4 Å². The molecule has 0 bridgehead atoms. The van der Waals surface area contributed by atoms with Gasteiger partial charge in [0, 0.05) is 29.6 Å². The fourth-order valence-corrected chi connectivity index (χ4v) is 4.67. The van der Waals surface area contributed by atoms with Crippen LogP contribution in [0.4, 0.5) is 8.78 Å². The quantitative estimate of drug-likeness (QED) is 0.594. The molecule has 2 aromatic heterocycles. The second-order valence-electron chi connectivity index (χ2n) is 6.98. The van der Waals surface area contributed by atoms with E-state index in [0.717, 1.165) is 29.3 Å². The summed E-state index contributed by atoms with van der Waals surface area (Å²) in [7, 11) is 0. The highest BCUT2D eigenvalue weighted by molar-refractivity contribution is 7.14. The van der Waals surface area contributed by atoms with Crippen LogP contribution in [0, 0.1) is 11.6 Å². The maximum Gasteiger partial charge on any atom is 0.261 e. The highest BCUT2D eigenvalue weighted by Crippen LogP contribution is 2.39. The number of thiophene rings is 1. The number of benzene rings is 1. The van der Waals surface area contributed by atoms with Gasteiger partial charge in [-0.1, -0.05) is 12.1 Å². The van der Waals surface area contributed by atoms with Gasteiger partial charge in [-0.25, -0.2) is 8.78 Å². The normalized spacial score (nSPS) is 14.0. The van der Waals surface area contributed by atoms with Crippen LogP contribution in [0.3, 0.4) is 0 Å². The van der Waals surface area contributed by atoms with Crippen molar-refractivity contribution in [3.63, 3.8) is 0 Å². The topological polar surface area (TPSA) is 93.2 Å². The van der Waals surface area contributed by atoms with E-state index in [1.165, 1.54) is 29.7 Å². The molecule has 9 heteroatoms. The number of hydrogen-bond donors (Lipinski definition) is 3. The lowest BCUT2D eigenvalue weighted by Gasteiger charge is -2.17. The van der Waals surface area contributed by atoms with Gasteiger partial charge in [0.25, 0.3) is 5.91 Å². The molecule has 1 aliphatic heterocycles. The first kappa shape index (κ1) is 19.5. The van der Waals surface area contributed by atoms with Gasteiger partial charge in [0.2, 0.25) is 0 Å². The molecule has 1 aromatic carbocycles.